The number of nitrogens with zero attached hydrogens (tertiary/aromatic N) is 1. The third-order valence-corrected chi connectivity index (χ3v) is 4.32. The number of hydrogen-bond acceptors (Lipinski definition) is 2. The van der Waals surface area contributed by atoms with E-state index >= 15 is 0 Å². The van der Waals surface area contributed by atoms with Crippen LogP contribution in [-0.2, 0) is 4.79 Å². The maximum absolute atomic E-state index is 12.1. The lowest BCUT2D eigenvalue weighted by Crippen LogP contribution is -2.59. The van der Waals surface area contributed by atoms with Gasteiger partial charge in [0, 0.05) is 18.0 Å². The zero-order valence-electron chi connectivity index (χ0n) is 8.92. The molecule has 3 nitrogen and oxygen atoms in total. The van der Waals surface area contributed by atoms with Crippen LogP contribution in [0.1, 0.15) is 20.3 Å². The van der Waals surface area contributed by atoms with Crippen molar-refractivity contribution in [1.82, 2.24) is 10.2 Å². The zero-order chi connectivity index (χ0) is 9.92. The molecule has 1 amide bonds. The average molecular weight is 194 g/mol. The number of piperidine rings is 1. The molecule has 78 valence electrons. The van der Waals surface area contributed by atoms with E-state index in [9.17, 15) is 4.79 Å². The predicted octanol–water partition coefficient (Wildman–Crippen LogP) is 0.463. The molecule has 3 aliphatic rings. The standard InChI is InChI=1S/C11H18N2O/c1-11(2)3-4-13(11)10(14)9-7-5-12-6-8(7)9/h7-9,12H,3-6H2,1-2H3/t7-,8+,9?. The molecule has 2 aliphatic heterocycles. The monoisotopic (exact) mass is 194 g/mol. The Morgan fingerprint density at radius 3 is 2.43 bits per heavy atom. The molecule has 3 rings (SSSR count). The van der Waals surface area contributed by atoms with E-state index in [0.29, 0.717) is 23.7 Å². The molecule has 1 aliphatic carbocycles. The number of hydrogen-bond donors (Lipinski definition) is 1. The average Bonchev–Trinajstić information content (AvgIpc) is 2.59. The topological polar surface area (TPSA) is 32.3 Å². The number of carbonyl (C=O) groups is 1. The normalized spacial score (nSPS) is 43.0. The van der Waals surface area contributed by atoms with Crippen LogP contribution in [0.15, 0.2) is 0 Å². The van der Waals surface area contributed by atoms with Gasteiger partial charge in [0.25, 0.3) is 0 Å². The lowest BCUT2D eigenvalue weighted by Gasteiger charge is -2.49. The number of fused-ring (bicyclic) bond motifs is 1. The van der Waals surface area contributed by atoms with Gasteiger partial charge in [-0.25, -0.2) is 0 Å². The predicted molar refractivity (Wildman–Crippen MR) is 53.7 cm³/mol. The van der Waals surface area contributed by atoms with E-state index in [1.54, 1.807) is 0 Å². The van der Waals surface area contributed by atoms with Gasteiger partial charge in [0.05, 0.1) is 0 Å². The molecule has 0 bridgehead atoms. The Morgan fingerprint density at radius 2 is 2.00 bits per heavy atom. The number of carbonyl (C=O) groups excluding carboxylic acids is 1. The van der Waals surface area contributed by atoms with Crippen molar-refractivity contribution in [2.24, 2.45) is 17.8 Å². The number of nitrogens with one attached hydrogen (secondary N) is 1. The van der Waals surface area contributed by atoms with Crippen molar-refractivity contribution in [3.63, 3.8) is 0 Å². The van der Waals surface area contributed by atoms with Crippen molar-refractivity contribution in [2.45, 2.75) is 25.8 Å². The molecule has 2 saturated heterocycles. The lowest BCUT2D eigenvalue weighted by atomic mass is 9.88. The van der Waals surface area contributed by atoms with Gasteiger partial charge in [-0.05, 0) is 45.2 Å². The van der Waals surface area contributed by atoms with E-state index in [-0.39, 0.29) is 5.54 Å². The number of amides is 1. The van der Waals surface area contributed by atoms with Crippen molar-refractivity contribution in [3.8, 4) is 0 Å². The number of likely N-dealkylation sites (tertiary alicyclic amines) is 1. The third kappa shape index (κ3) is 0.991. The van der Waals surface area contributed by atoms with Gasteiger partial charge in [-0.2, -0.15) is 0 Å². The van der Waals surface area contributed by atoms with Gasteiger partial charge in [0.15, 0.2) is 0 Å². The Hall–Kier alpha value is -0.570. The van der Waals surface area contributed by atoms with E-state index in [0.717, 1.165) is 19.6 Å². The van der Waals surface area contributed by atoms with Gasteiger partial charge in [-0.1, -0.05) is 0 Å². The zero-order valence-corrected chi connectivity index (χ0v) is 8.92. The quantitative estimate of drug-likeness (QED) is 0.658. The first-order chi connectivity index (χ1) is 6.61. The van der Waals surface area contributed by atoms with Gasteiger partial charge in [0.1, 0.15) is 0 Å². The fourth-order valence-corrected chi connectivity index (χ4v) is 3.04. The van der Waals surface area contributed by atoms with Gasteiger partial charge < -0.3 is 10.2 Å². The highest BCUT2D eigenvalue weighted by atomic mass is 16.2. The second-order valence-electron chi connectivity index (χ2n) is 5.56. The molecule has 3 fully saturated rings. The first kappa shape index (κ1) is 8.72. The molecule has 14 heavy (non-hydrogen) atoms. The molecule has 0 radical (unpaired) electrons. The molecular formula is C11H18N2O. The van der Waals surface area contributed by atoms with Crippen molar-refractivity contribution in [1.29, 1.82) is 0 Å². The van der Waals surface area contributed by atoms with E-state index in [1.165, 1.54) is 6.42 Å². The maximum atomic E-state index is 12.1. The molecule has 1 saturated carbocycles. The van der Waals surface area contributed by atoms with Gasteiger partial charge in [-0.15, -0.1) is 0 Å². The molecule has 1 N–H and O–H groups in total. The SMILES string of the molecule is CC1(C)CCN1C(=O)C1[C@H]2CNC[C@@H]12. The summed E-state index contributed by atoms with van der Waals surface area (Å²) in [6.45, 7) is 7.45. The highest BCUT2D eigenvalue weighted by Gasteiger charge is 2.59. The molecule has 0 aromatic carbocycles. The molecule has 1 unspecified atom stereocenters. The van der Waals surface area contributed by atoms with Crippen LogP contribution >= 0.6 is 0 Å². The van der Waals surface area contributed by atoms with E-state index in [4.69, 9.17) is 0 Å². The fraction of sp³-hybridized carbons (Fsp3) is 0.909. The summed E-state index contributed by atoms with van der Waals surface area (Å²) in [6.07, 6.45) is 1.17. The molecule has 0 aromatic rings. The highest BCUT2D eigenvalue weighted by Crippen LogP contribution is 2.51. The minimum Gasteiger partial charge on any atom is -0.337 e. The molecule has 0 aromatic heterocycles. The minimum absolute atomic E-state index is 0.140. The Balaban J connectivity index is 1.67. The summed E-state index contributed by atoms with van der Waals surface area (Å²) in [6, 6.07) is 0. The fourth-order valence-electron chi connectivity index (χ4n) is 3.04. The second kappa shape index (κ2) is 2.51. The summed E-state index contributed by atoms with van der Waals surface area (Å²) in [7, 11) is 0. The molecular weight excluding hydrogens is 176 g/mol. The van der Waals surface area contributed by atoms with Crippen LogP contribution in [-0.4, -0.2) is 36.0 Å². The number of rotatable bonds is 1. The summed E-state index contributed by atoms with van der Waals surface area (Å²) in [4.78, 5) is 14.2. The van der Waals surface area contributed by atoms with Crippen LogP contribution < -0.4 is 5.32 Å². The molecule has 0 spiro atoms. The molecule has 3 atom stereocenters. The van der Waals surface area contributed by atoms with Crippen LogP contribution in [0.4, 0.5) is 0 Å². The summed E-state index contributed by atoms with van der Waals surface area (Å²) in [5.74, 6) is 2.13. The summed E-state index contributed by atoms with van der Waals surface area (Å²) < 4.78 is 0. The largest absolute Gasteiger partial charge is 0.337 e. The molecule has 2 heterocycles. The third-order valence-electron chi connectivity index (χ3n) is 4.32. The van der Waals surface area contributed by atoms with Crippen LogP contribution in [0.3, 0.4) is 0 Å². The van der Waals surface area contributed by atoms with E-state index in [1.807, 2.05) is 0 Å². The van der Waals surface area contributed by atoms with Gasteiger partial charge >= 0.3 is 0 Å². The Morgan fingerprint density at radius 1 is 1.36 bits per heavy atom. The van der Waals surface area contributed by atoms with Crippen molar-refractivity contribution < 1.29 is 4.79 Å². The van der Waals surface area contributed by atoms with Crippen molar-refractivity contribution in [2.75, 3.05) is 19.6 Å². The van der Waals surface area contributed by atoms with Crippen molar-refractivity contribution >= 4 is 5.91 Å². The Bertz CT molecular complexity index is 277. The Labute approximate surface area is 84.8 Å². The maximum Gasteiger partial charge on any atom is 0.226 e. The van der Waals surface area contributed by atoms with Crippen LogP contribution in [0, 0.1) is 17.8 Å². The first-order valence-electron chi connectivity index (χ1n) is 5.63. The van der Waals surface area contributed by atoms with Crippen LogP contribution in [0.25, 0.3) is 0 Å². The minimum atomic E-state index is 0.140. The van der Waals surface area contributed by atoms with Crippen molar-refractivity contribution in [3.05, 3.63) is 0 Å². The highest BCUT2D eigenvalue weighted by molar-refractivity contribution is 5.84. The first-order valence-corrected chi connectivity index (χ1v) is 5.63. The second-order valence-corrected chi connectivity index (χ2v) is 5.56. The van der Waals surface area contributed by atoms with E-state index < -0.39 is 0 Å². The summed E-state index contributed by atoms with van der Waals surface area (Å²) >= 11 is 0. The van der Waals surface area contributed by atoms with Crippen LogP contribution in [0.5, 0.6) is 0 Å². The van der Waals surface area contributed by atoms with E-state index in [2.05, 4.69) is 24.1 Å². The molecule has 3 heteroatoms. The lowest BCUT2D eigenvalue weighted by molar-refractivity contribution is -0.146. The Kier molecular flexibility index (Phi) is 1.56. The van der Waals surface area contributed by atoms with Gasteiger partial charge in [0.2, 0.25) is 5.91 Å². The van der Waals surface area contributed by atoms with Gasteiger partial charge in [-0.3, -0.25) is 4.79 Å². The smallest absolute Gasteiger partial charge is 0.226 e. The van der Waals surface area contributed by atoms with Crippen LogP contribution in [0.2, 0.25) is 0 Å². The summed E-state index contributed by atoms with van der Waals surface area (Å²) in [5, 5.41) is 3.33. The summed E-state index contributed by atoms with van der Waals surface area (Å²) in [5.41, 5.74) is 0.140.